The van der Waals surface area contributed by atoms with E-state index in [9.17, 15) is 5.11 Å². The molecule has 0 bridgehead atoms. The van der Waals surface area contributed by atoms with Gasteiger partial charge < -0.3 is 15.2 Å². The summed E-state index contributed by atoms with van der Waals surface area (Å²) in [5.74, 6) is 0.727. The van der Waals surface area contributed by atoms with Crippen LogP contribution in [0.3, 0.4) is 0 Å². The second-order valence-corrected chi connectivity index (χ2v) is 7.09. The van der Waals surface area contributed by atoms with Crippen LogP contribution in [0.2, 0.25) is 0 Å². The largest absolute Gasteiger partial charge is 0.389 e. The van der Waals surface area contributed by atoms with E-state index in [1.54, 1.807) is 0 Å². The highest BCUT2D eigenvalue weighted by molar-refractivity contribution is 4.83. The summed E-state index contributed by atoms with van der Waals surface area (Å²) in [6, 6.07) is 0.410. The van der Waals surface area contributed by atoms with Crippen molar-refractivity contribution in [1.82, 2.24) is 5.32 Å². The van der Waals surface area contributed by atoms with Crippen molar-refractivity contribution in [2.75, 3.05) is 13.2 Å². The average Bonchev–Trinajstić information content (AvgIpc) is 2.20. The third kappa shape index (κ3) is 6.17. The standard InChI is InChI=1S/C15H31NO2/c1-11(2)16-9-13(17)10-18-14-6-12(3)7-15(4,5)8-14/h11-14,16-17H,6-10H2,1-5H3. The second kappa shape index (κ2) is 6.88. The Morgan fingerprint density at radius 3 is 2.56 bits per heavy atom. The Labute approximate surface area is 112 Å². The predicted molar refractivity (Wildman–Crippen MR) is 75.7 cm³/mol. The number of rotatable bonds is 6. The van der Waals surface area contributed by atoms with Crippen LogP contribution < -0.4 is 5.32 Å². The molecular weight excluding hydrogens is 226 g/mol. The molecule has 108 valence electrons. The van der Waals surface area contributed by atoms with Crippen molar-refractivity contribution in [2.45, 2.75) is 72.1 Å². The van der Waals surface area contributed by atoms with Gasteiger partial charge in [0.1, 0.15) is 0 Å². The van der Waals surface area contributed by atoms with Gasteiger partial charge in [-0.3, -0.25) is 0 Å². The van der Waals surface area contributed by atoms with Gasteiger partial charge >= 0.3 is 0 Å². The molecule has 0 aromatic rings. The summed E-state index contributed by atoms with van der Waals surface area (Å²) in [6.45, 7) is 12.2. The zero-order chi connectivity index (χ0) is 13.8. The fourth-order valence-electron chi connectivity index (χ4n) is 3.06. The first-order chi connectivity index (χ1) is 8.28. The molecule has 3 heteroatoms. The summed E-state index contributed by atoms with van der Waals surface area (Å²) in [5.41, 5.74) is 0.378. The van der Waals surface area contributed by atoms with Crippen LogP contribution in [0.15, 0.2) is 0 Å². The zero-order valence-corrected chi connectivity index (χ0v) is 12.7. The van der Waals surface area contributed by atoms with Gasteiger partial charge in [0, 0.05) is 12.6 Å². The van der Waals surface area contributed by atoms with Crippen LogP contribution in [-0.4, -0.2) is 36.5 Å². The Morgan fingerprint density at radius 2 is 2.00 bits per heavy atom. The molecule has 3 unspecified atom stereocenters. The number of aliphatic hydroxyl groups excluding tert-OH is 1. The van der Waals surface area contributed by atoms with E-state index in [0.717, 1.165) is 18.8 Å². The van der Waals surface area contributed by atoms with Gasteiger partial charge in [0.05, 0.1) is 18.8 Å². The molecule has 1 rings (SSSR count). The molecule has 0 saturated heterocycles. The van der Waals surface area contributed by atoms with Crippen LogP contribution in [-0.2, 0) is 4.74 Å². The fraction of sp³-hybridized carbons (Fsp3) is 1.00. The molecule has 0 aromatic carbocycles. The van der Waals surface area contributed by atoms with Gasteiger partial charge in [0.15, 0.2) is 0 Å². The van der Waals surface area contributed by atoms with E-state index in [-0.39, 0.29) is 0 Å². The normalized spacial score (nSPS) is 29.5. The van der Waals surface area contributed by atoms with Gasteiger partial charge in [0.2, 0.25) is 0 Å². The molecule has 0 radical (unpaired) electrons. The quantitative estimate of drug-likeness (QED) is 0.768. The van der Waals surface area contributed by atoms with Crippen LogP contribution >= 0.6 is 0 Å². The lowest BCUT2D eigenvalue weighted by Gasteiger charge is -2.39. The first-order valence-corrected chi connectivity index (χ1v) is 7.31. The molecule has 0 spiro atoms. The van der Waals surface area contributed by atoms with E-state index in [0.29, 0.717) is 30.7 Å². The van der Waals surface area contributed by atoms with E-state index in [4.69, 9.17) is 4.74 Å². The summed E-state index contributed by atoms with van der Waals surface area (Å²) in [4.78, 5) is 0. The van der Waals surface area contributed by atoms with Gasteiger partial charge in [0.25, 0.3) is 0 Å². The van der Waals surface area contributed by atoms with E-state index in [1.165, 1.54) is 6.42 Å². The van der Waals surface area contributed by atoms with Crippen molar-refractivity contribution in [1.29, 1.82) is 0 Å². The minimum Gasteiger partial charge on any atom is -0.389 e. The molecule has 0 aromatic heterocycles. The van der Waals surface area contributed by atoms with Crippen LogP contribution in [0.25, 0.3) is 0 Å². The first-order valence-electron chi connectivity index (χ1n) is 7.31. The maximum absolute atomic E-state index is 9.84. The molecule has 1 aliphatic carbocycles. The Kier molecular flexibility index (Phi) is 6.09. The van der Waals surface area contributed by atoms with Crippen LogP contribution in [0.5, 0.6) is 0 Å². The van der Waals surface area contributed by atoms with Crippen LogP contribution in [0.1, 0.15) is 53.9 Å². The van der Waals surface area contributed by atoms with Crippen LogP contribution in [0.4, 0.5) is 0 Å². The van der Waals surface area contributed by atoms with Crippen molar-refractivity contribution >= 4 is 0 Å². The van der Waals surface area contributed by atoms with E-state index in [2.05, 4.69) is 39.9 Å². The molecule has 1 aliphatic rings. The average molecular weight is 257 g/mol. The lowest BCUT2D eigenvalue weighted by atomic mass is 9.71. The number of aliphatic hydroxyl groups is 1. The summed E-state index contributed by atoms with van der Waals surface area (Å²) in [6.07, 6.45) is 3.45. The summed E-state index contributed by atoms with van der Waals surface area (Å²) >= 11 is 0. The topological polar surface area (TPSA) is 41.5 Å². The molecule has 2 N–H and O–H groups in total. The predicted octanol–water partition coefficient (Wildman–Crippen LogP) is 2.58. The minimum absolute atomic E-state index is 0.317. The van der Waals surface area contributed by atoms with Crippen molar-refractivity contribution in [3.63, 3.8) is 0 Å². The van der Waals surface area contributed by atoms with Gasteiger partial charge in [-0.2, -0.15) is 0 Å². The SMILES string of the molecule is CC1CC(OCC(O)CNC(C)C)CC(C)(C)C1. The number of ether oxygens (including phenoxy) is 1. The van der Waals surface area contributed by atoms with Gasteiger partial charge in [-0.05, 0) is 30.6 Å². The molecule has 0 aliphatic heterocycles. The highest BCUT2D eigenvalue weighted by atomic mass is 16.5. The molecule has 1 fully saturated rings. The summed E-state index contributed by atoms with van der Waals surface area (Å²) in [5, 5.41) is 13.1. The highest BCUT2D eigenvalue weighted by Gasteiger charge is 2.32. The van der Waals surface area contributed by atoms with Crippen molar-refractivity contribution < 1.29 is 9.84 Å². The third-order valence-electron chi connectivity index (χ3n) is 3.63. The first kappa shape index (κ1) is 15.9. The van der Waals surface area contributed by atoms with Crippen molar-refractivity contribution in [3.05, 3.63) is 0 Å². The van der Waals surface area contributed by atoms with Gasteiger partial charge in [-0.1, -0.05) is 34.6 Å². The number of nitrogens with one attached hydrogen (secondary N) is 1. The Bertz CT molecular complexity index is 241. The monoisotopic (exact) mass is 257 g/mol. The highest BCUT2D eigenvalue weighted by Crippen LogP contribution is 2.39. The minimum atomic E-state index is -0.396. The molecule has 0 heterocycles. The molecule has 0 amide bonds. The molecule has 18 heavy (non-hydrogen) atoms. The second-order valence-electron chi connectivity index (χ2n) is 7.09. The van der Waals surface area contributed by atoms with E-state index < -0.39 is 6.10 Å². The number of hydrogen-bond acceptors (Lipinski definition) is 3. The van der Waals surface area contributed by atoms with Gasteiger partial charge in [-0.25, -0.2) is 0 Å². The maximum Gasteiger partial charge on any atom is 0.0897 e. The smallest absolute Gasteiger partial charge is 0.0897 e. The van der Waals surface area contributed by atoms with Crippen molar-refractivity contribution in [3.8, 4) is 0 Å². The van der Waals surface area contributed by atoms with Crippen LogP contribution in [0, 0.1) is 11.3 Å². The lowest BCUT2D eigenvalue weighted by Crippen LogP contribution is -2.38. The molecular formula is C15H31NO2. The fourth-order valence-corrected chi connectivity index (χ4v) is 3.06. The maximum atomic E-state index is 9.84. The zero-order valence-electron chi connectivity index (χ0n) is 12.7. The molecule has 1 saturated carbocycles. The lowest BCUT2D eigenvalue weighted by molar-refractivity contribution is -0.0552. The number of hydrogen-bond donors (Lipinski definition) is 2. The Hall–Kier alpha value is -0.120. The summed E-state index contributed by atoms with van der Waals surface area (Å²) in [7, 11) is 0. The van der Waals surface area contributed by atoms with Crippen molar-refractivity contribution in [2.24, 2.45) is 11.3 Å². The Morgan fingerprint density at radius 1 is 1.33 bits per heavy atom. The van der Waals surface area contributed by atoms with Gasteiger partial charge in [-0.15, -0.1) is 0 Å². The Balaban J connectivity index is 2.26. The molecule has 3 atom stereocenters. The third-order valence-corrected chi connectivity index (χ3v) is 3.63. The summed E-state index contributed by atoms with van der Waals surface area (Å²) < 4.78 is 5.89. The molecule has 3 nitrogen and oxygen atoms in total. The van der Waals surface area contributed by atoms with E-state index >= 15 is 0 Å². The van der Waals surface area contributed by atoms with E-state index in [1.807, 2.05) is 0 Å².